The van der Waals surface area contributed by atoms with Crippen molar-refractivity contribution in [1.29, 1.82) is 0 Å². The molecular weight excluding hydrogens is 250 g/mol. The van der Waals surface area contributed by atoms with Crippen LogP contribution in [0.1, 0.15) is 37.0 Å². The first-order valence-corrected chi connectivity index (χ1v) is 7.25. The number of carbonyl (C=O) groups excluding carboxylic acids is 1. The highest BCUT2D eigenvalue weighted by molar-refractivity contribution is 6.09. The van der Waals surface area contributed by atoms with Gasteiger partial charge >= 0.3 is 0 Å². The molecule has 1 aliphatic heterocycles. The first kappa shape index (κ1) is 13.2. The lowest BCUT2D eigenvalue weighted by molar-refractivity contribution is -0.124. The summed E-state index contributed by atoms with van der Waals surface area (Å²) in [5, 5.41) is 6.25. The molecule has 4 heteroatoms. The summed E-state index contributed by atoms with van der Waals surface area (Å²) >= 11 is 0. The number of hydrogen-bond donors (Lipinski definition) is 2. The van der Waals surface area contributed by atoms with Gasteiger partial charge in [0.2, 0.25) is 0 Å². The number of fused-ring (bicyclic) bond motifs is 2. The summed E-state index contributed by atoms with van der Waals surface area (Å²) in [5.41, 5.74) is 2.97. The predicted octanol–water partition coefficient (Wildman–Crippen LogP) is 1.87. The molecule has 4 nitrogen and oxygen atoms in total. The van der Waals surface area contributed by atoms with Crippen molar-refractivity contribution >= 4 is 11.9 Å². The van der Waals surface area contributed by atoms with Gasteiger partial charge in [0.25, 0.3) is 5.91 Å². The highest BCUT2D eigenvalue weighted by Gasteiger charge is 2.50. The average Bonchev–Trinajstić information content (AvgIpc) is 2.91. The number of benzene rings is 1. The fraction of sp³-hybridized carbons (Fsp3) is 0.500. The molecule has 1 amide bonds. The smallest absolute Gasteiger partial charge is 0.257 e. The second-order valence-electron chi connectivity index (χ2n) is 6.23. The van der Waals surface area contributed by atoms with Gasteiger partial charge in [-0.05, 0) is 36.8 Å². The third-order valence-corrected chi connectivity index (χ3v) is 4.06. The Balaban J connectivity index is 1.94. The monoisotopic (exact) mass is 271 g/mol. The van der Waals surface area contributed by atoms with Gasteiger partial charge in [0.05, 0.1) is 0 Å². The fourth-order valence-corrected chi connectivity index (χ4v) is 2.99. The Labute approximate surface area is 119 Å². The maximum absolute atomic E-state index is 12.5. The lowest BCUT2D eigenvalue weighted by atomic mass is 9.91. The summed E-state index contributed by atoms with van der Waals surface area (Å²) < 4.78 is 0. The van der Waals surface area contributed by atoms with E-state index >= 15 is 0 Å². The van der Waals surface area contributed by atoms with Crippen molar-refractivity contribution in [3.8, 4) is 0 Å². The maximum atomic E-state index is 12.5. The SMILES string of the molecule is Cc1ccc2c(c1)C1(CC2)NC(=NCC(C)C)NC1=O. The van der Waals surface area contributed by atoms with Crippen LogP contribution in [-0.4, -0.2) is 18.4 Å². The second-order valence-corrected chi connectivity index (χ2v) is 6.23. The predicted molar refractivity (Wildman–Crippen MR) is 79.6 cm³/mol. The van der Waals surface area contributed by atoms with E-state index in [-0.39, 0.29) is 5.91 Å². The normalized spacial score (nSPS) is 26.2. The molecule has 2 aliphatic rings. The van der Waals surface area contributed by atoms with Gasteiger partial charge in [-0.1, -0.05) is 37.6 Å². The van der Waals surface area contributed by atoms with Gasteiger partial charge in [-0.3, -0.25) is 15.1 Å². The van der Waals surface area contributed by atoms with Crippen LogP contribution in [0.15, 0.2) is 23.2 Å². The molecule has 1 aliphatic carbocycles. The molecule has 20 heavy (non-hydrogen) atoms. The number of nitrogens with one attached hydrogen (secondary N) is 2. The van der Waals surface area contributed by atoms with E-state index in [0.717, 1.165) is 24.9 Å². The quantitative estimate of drug-likeness (QED) is 0.862. The number of carbonyl (C=O) groups is 1. The third kappa shape index (κ3) is 1.99. The first-order valence-electron chi connectivity index (χ1n) is 7.25. The van der Waals surface area contributed by atoms with Crippen LogP contribution < -0.4 is 10.6 Å². The largest absolute Gasteiger partial charge is 0.338 e. The Morgan fingerprint density at radius 3 is 2.95 bits per heavy atom. The molecule has 1 atom stereocenters. The maximum Gasteiger partial charge on any atom is 0.257 e. The zero-order valence-corrected chi connectivity index (χ0v) is 12.3. The molecule has 1 spiro atoms. The zero-order valence-electron chi connectivity index (χ0n) is 12.3. The van der Waals surface area contributed by atoms with Crippen molar-refractivity contribution < 1.29 is 4.79 Å². The topological polar surface area (TPSA) is 53.5 Å². The standard InChI is InChI=1S/C16H21N3O/c1-10(2)9-17-15-18-14(20)16(19-15)7-6-12-5-4-11(3)8-13(12)16/h4-5,8,10H,6-7,9H2,1-3H3,(H2,17,18,19,20). The van der Waals surface area contributed by atoms with Crippen LogP contribution in [0.2, 0.25) is 0 Å². The van der Waals surface area contributed by atoms with E-state index in [9.17, 15) is 4.79 Å². The van der Waals surface area contributed by atoms with Crippen molar-refractivity contribution in [1.82, 2.24) is 10.6 Å². The van der Waals surface area contributed by atoms with Crippen LogP contribution in [-0.2, 0) is 16.8 Å². The fourth-order valence-electron chi connectivity index (χ4n) is 2.99. The van der Waals surface area contributed by atoms with E-state index in [1.54, 1.807) is 0 Å². The van der Waals surface area contributed by atoms with E-state index in [4.69, 9.17) is 0 Å². The molecule has 1 unspecified atom stereocenters. The molecule has 0 bridgehead atoms. The van der Waals surface area contributed by atoms with Gasteiger partial charge in [0.1, 0.15) is 5.54 Å². The molecule has 106 valence electrons. The molecule has 0 radical (unpaired) electrons. The van der Waals surface area contributed by atoms with E-state index in [2.05, 4.69) is 54.6 Å². The van der Waals surface area contributed by atoms with Crippen molar-refractivity contribution in [2.45, 2.75) is 39.2 Å². The summed E-state index contributed by atoms with van der Waals surface area (Å²) in [5.74, 6) is 1.14. The van der Waals surface area contributed by atoms with Crippen LogP contribution in [0.5, 0.6) is 0 Å². The molecule has 2 N–H and O–H groups in total. The van der Waals surface area contributed by atoms with E-state index in [0.29, 0.717) is 11.9 Å². The number of hydrogen-bond acceptors (Lipinski definition) is 2. The Bertz CT molecular complexity index is 591. The van der Waals surface area contributed by atoms with Crippen LogP contribution >= 0.6 is 0 Å². The summed E-state index contributed by atoms with van der Waals surface area (Å²) in [6.45, 7) is 7.02. The summed E-state index contributed by atoms with van der Waals surface area (Å²) in [6, 6.07) is 6.37. The van der Waals surface area contributed by atoms with Crippen LogP contribution in [0.4, 0.5) is 0 Å². The van der Waals surface area contributed by atoms with Crippen LogP contribution in [0, 0.1) is 12.8 Å². The van der Waals surface area contributed by atoms with Gasteiger partial charge in [-0.15, -0.1) is 0 Å². The van der Waals surface area contributed by atoms with E-state index in [1.807, 2.05) is 0 Å². The number of aliphatic imine (C=N–C) groups is 1. The summed E-state index contributed by atoms with van der Waals surface area (Å²) in [7, 11) is 0. The second kappa shape index (κ2) is 4.62. The molecule has 1 heterocycles. The molecular formula is C16H21N3O. The highest BCUT2D eigenvalue weighted by atomic mass is 16.2. The van der Waals surface area contributed by atoms with Gasteiger partial charge in [-0.2, -0.15) is 0 Å². The van der Waals surface area contributed by atoms with Crippen LogP contribution in [0.25, 0.3) is 0 Å². The van der Waals surface area contributed by atoms with Gasteiger partial charge in [0.15, 0.2) is 5.96 Å². The number of rotatable bonds is 2. The molecule has 1 aromatic rings. The first-order chi connectivity index (χ1) is 9.51. The number of aryl methyl sites for hydroxylation is 2. The summed E-state index contributed by atoms with van der Waals surface area (Å²) in [6.07, 6.45) is 1.74. The molecule has 3 rings (SSSR count). The minimum Gasteiger partial charge on any atom is -0.338 e. The van der Waals surface area contributed by atoms with Gasteiger partial charge in [0, 0.05) is 6.54 Å². The highest BCUT2D eigenvalue weighted by Crippen LogP contribution is 2.39. The lowest BCUT2D eigenvalue weighted by Gasteiger charge is -2.22. The van der Waals surface area contributed by atoms with Crippen molar-refractivity contribution in [2.75, 3.05) is 6.54 Å². The van der Waals surface area contributed by atoms with E-state index in [1.165, 1.54) is 11.1 Å². The number of guanidine groups is 1. The van der Waals surface area contributed by atoms with Crippen molar-refractivity contribution in [3.05, 3.63) is 34.9 Å². The molecule has 1 fully saturated rings. The van der Waals surface area contributed by atoms with Crippen molar-refractivity contribution in [2.24, 2.45) is 10.9 Å². The Morgan fingerprint density at radius 2 is 2.20 bits per heavy atom. The van der Waals surface area contributed by atoms with Crippen molar-refractivity contribution in [3.63, 3.8) is 0 Å². The lowest BCUT2D eigenvalue weighted by Crippen LogP contribution is -2.41. The van der Waals surface area contributed by atoms with E-state index < -0.39 is 5.54 Å². The summed E-state index contributed by atoms with van der Waals surface area (Å²) in [4.78, 5) is 16.9. The molecule has 0 aromatic heterocycles. The Morgan fingerprint density at radius 1 is 1.40 bits per heavy atom. The number of nitrogens with zero attached hydrogens (tertiary/aromatic N) is 1. The minimum absolute atomic E-state index is 0.0318. The Hall–Kier alpha value is -1.84. The minimum atomic E-state index is -0.600. The zero-order chi connectivity index (χ0) is 14.3. The van der Waals surface area contributed by atoms with Gasteiger partial charge < -0.3 is 5.32 Å². The molecule has 1 aromatic carbocycles. The third-order valence-electron chi connectivity index (χ3n) is 4.06. The Kier molecular flexibility index (Phi) is 3.04. The molecule has 1 saturated heterocycles. The van der Waals surface area contributed by atoms with Gasteiger partial charge in [-0.25, -0.2) is 0 Å². The molecule has 0 saturated carbocycles. The van der Waals surface area contributed by atoms with Crippen LogP contribution in [0.3, 0.4) is 0 Å². The number of amides is 1. The average molecular weight is 271 g/mol.